The van der Waals surface area contributed by atoms with Crippen LogP contribution in [0.25, 0.3) is 6.08 Å². The van der Waals surface area contributed by atoms with E-state index in [4.69, 9.17) is 18.9 Å². The van der Waals surface area contributed by atoms with E-state index in [2.05, 4.69) is 5.32 Å². The van der Waals surface area contributed by atoms with Crippen molar-refractivity contribution in [1.29, 1.82) is 0 Å². The number of hydrogen-bond donors (Lipinski definition) is 1. The predicted molar refractivity (Wildman–Crippen MR) is 120 cm³/mol. The molecule has 0 radical (unpaired) electrons. The highest BCUT2D eigenvalue weighted by Crippen LogP contribution is 2.40. The third-order valence-electron chi connectivity index (χ3n) is 4.55. The quantitative estimate of drug-likeness (QED) is 0.602. The first-order valence-electron chi connectivity index (χ1n) is 9.92. The summed E-state index contributed by atoms with van der Waals surface area (Å²) in [6.45, 7) is 2.94. The summed E-state index contributed by atoms with van der Waals surface area (Å²) < 4.78 is 48.3. The third kappa shape index (κ3) is 5.14. The molecule has 1 heterocycles. The summed E-state index contributed by atoms with van der Waals surface area (Å²) in [5, 5.41) is 2.67. The van der Waals surface area contributed by atoms with Gasteiger partial charge in [0.15, 0.2) is 11.5 Å². The molecule has 0 atom stereocenters. The average molecular weight is 463 g/mol. The zero-order valence-electron chi connectivity index (χ0n) is 18.4. The molecule has 0 fully saturated rings. The highest BCUT2D eigenvalue weighted by Gasteiger charge is 2.23. The molecule has 0 aliphatic carbocycles. The Kier molecular flexibility index (Phi) is 7.26. The van der Waals surface area contributed by atoms with Crippen LogP contribution in [0.4, 0.5) is 5.69 Å². The highest BCUT2D eigenvalue weighted by molar-refractivity contribution is 7.89. The van der Waals surface area contributed by atoms with Gasteiger partial charge in [0.05, 0.1) is 13.7 Å². The lowest BCUT2D eigenvalue weighted by Gasteiger charge is -2.20. The number of fused-ring (bicyclic) bond motifs is 1. The van der Waals surface area contributed by atoms with E-state index < -0.39 is 15.9 Å². The van der Waals surface area contributed by atoms with Crippen molar-refractivity contribution in [3.63, 3.8) is 0 Å². The van der Waals surface area contributed by atoms with Gasteiger partial charge in [-0.1, -0.05) is 0 Å². The Morgan fingerprint density at radius 2 is 1.91 bits per heavy atom. The van der Waals surface area contributed by atoms with E-state index in [1.54, 1.807) is 31.2 Å². The molecule has 3 rings (SSSR count). The Labute approximate surface area is 187 Å². The summed E-state index contributed by atoms with van der Waals surface area (Å²) in [5.41, 5.74) is 1.01. The molecule has 0 saturated heterocycles. The van der Waals surface area contributed by atoms with Gasteiger partial charge in [-0.05, 0) is 48.9 Å². The van der Waals surface area contributed by atoms with Crippen molar-refractivity contribution in [2.45, 2.75) is 11.8 Å². The molecule has 0 aromatic heterocycles. The van der Waals surface area contributed by atoms with Gasteiger partial charge in [-0.25, -0.2) is 12.7 Å². The number of carbonyl (C=O) groups excluding carboxylic acids is 1. The minimum absolute atomic E-state index is 0.0253. The van der Waals surface area contributed by atoms with Gasteiger partial charge in [0.1, 0.15) is 23.9 Å². The van der Waals surface area contributed by atoms with E-state index in [9.17, 15) is 13.2 Å². The van der Waals surface area contributed by atoms with Crippen LogP contribution in [0, 0.1) is 0 Å². The summed E-state index contributed by atoms with van der Waals surface area (Å²) in [6.07, 6.45) is 2.93. The van der Waals surface area contributed by atoms with Crippen LogP contribution >= 0.6 is 0 Å². The second-order valence-corrected chi connectivity index (χ2v) is 9.07. The van der Waals surface area contributed by atoms with Gasteiger partial charge in [-0.3, -0.25) is 4.79 Å². The number of benzene rings is 2. The number of rotatable bonds is 8. The van der Waals surface area contributed by atoms with E-state index in [0.29, 0.717) is 48.3 Å². The van der Waals surface area contributed by atoms with Crippen LogP contribution in [0.2, 0.25) is 0 Å². The summed E-state index contributed by atoms with van der Waals surface area (Å²) >= 11 is 0. The van der Waals surface area contributed by atoms with Crippen molar-refractivity contribution in [3.05, 3.63) is 42.0 Å². The largest absolute Gasteiger partial charge is 0.493 e. The van der Waals surface area contributed by atoms with Crippen molar-refractivity contribution in [2.75, 3.05) is 46.3 Å². The Bertz CT molecular complexity index is 1110. The number of nitrogens with zero attached hydrogens (tertiary/aromatic N) is 1. The number of nitrogens with one attached hydrogen (secondary N) is 1. The van der Waals surface area contributed by atoms with Gasteiger partial charge in [0.25, 0.3) is 0 Å². The summed E-state index contributed by atoms with van der Waals surface area (Å²) in [5.74, 6) is 1.37. The van der Waals surface area contributed by atoms with Gasteiger partial charge in [-0.15, -0.1) is 0 Å². The first-order valence-corrected chi connectivity index (χ1v) is 11.4. The van der Waals surface area contributed by atoms with Gasteiger partial charge < -0.3 is 24.3 Å². The fourth-order valence-corrected chi connectivity index (χ4v) is 4.05. The van der Waals surface area contributed by atoms with Crippen LogP contribution in [0.1, 0.15) is 12.5 Å². The first kappa shape index (κ1) is 23.4. The molecule has 2 aromatic rings. The molecule has 0 saturated carbocycles. The molecule has 1 amide bonds. The maximum atomic E-state index is 12.6. The Morgan fingerprint density at radius 1 is 1.16 bits per heavy atom. The van der Waals surface area contributed by atoms with Crippen LogP contribution in [0.5, 0.6) is 23.0 Å². The maximum absolute atomic E-state index is 12.6. The molecule has 2 aromatic carbocycles. The van der Waals surface area contributed by atoms with E-state index in [1.165, 1.54) is 39.4 Å². The molecular weight excluding hydrogens is 436 g/mol. The van der Waals surface area contributed by atoms with Gasteiger partial charge >= 0.3 is 0 Å². The first-order chi connectivity index (χ1) is 15.3. The van der Waals surface area contributed by atoms with Crippen molar-refractivity contribution in [3.8, 4) is 23.0 Å². The molecule has 1 aliphatic rings. The second-order valence-electron chi connectivity index (χ2n) is 6.95. The Morgan fingerprint density at radius 3 is 2.59 bits per heavy atom. The maximum Gasteiger partial charge on any atom is 0.248 e. The lowest BCUT2D eigenvalue weighted by molar-refractivity contribution is -0.111. The SMILES string of the molecule is CCOc1ccc(NC(=O)/C=C/c2cc(OC)c3c(c2)OCCO3)cc1S(=O)(=O)N(C)C. The normalized spacial score (nSPS) is 13.3. The van der Waals surface area contributed by atoms with Crippen molar-refractivity contribution < 1.29 is 32.2 Å². The topological polar surface area (TPSA) is 103 Å². The number of sulfonamides is 1. The Hall–Kier alpha value is -3.24. The minimum atomic E-state index is -3.76. The van der Waals surface area contributed by atoms with Crippen molar-refractivity contribution >= 4 is 27.7 Å². The molecule has 1 N–H and O–H groups in total. The molecule has 0 unspecified atom stereocenters. The summed E-state index contributed by atoms with van der Waals surface area (Å²) in [6, 6.07) is 7.96. The average Bonchev–Trinajstić information content (AvgIpc) is 2.78. The number of anilines is 1. The zero-order valence-corrected chi connectivity index (χ0v) is 19.2. The fourth-order valence-electron chi connectivity index (χ4n) is 3.00. The van der Waals surface area contributed by atoms with Crippen LogP contribution in [0.3, 0.4) is 0 Å². The van der Waals surface area contributed by atoms with Gasteiger partial charge in [0.2, 0.25) is 21.7 Å². The lowest BCUT2D eigenvalue weighted by Crippen LogP contribution is -2.23. The number of carbonyl (C=O) groups is 1. The molecular formula is C22H26N2O7S. The van der Waals surface area contributed by atoms with Gasteiger partial charge in [0, 0.05) is 25.9 Å². The predicted octanol–water partition coefficient (Wildman–Crippen LogP) is 2.77. The van der Waals surface area contributed by atoms with E-state index in [1.807, 2.05) is 0 Å². The smallest absolute Gasteiger partial charge is 0.248 e. The van der Waals surface area contributed by atoms with E-state index in [0.717, 1.165) is 4.31 Å². The molecule has 172 valence electrons. The molecule has 9 nitrogen and oxygen atoms in total. The van der Waals surface area contributed by atoms with Crippen LogP contribution in [-0.4, -0.2) is 59.7 Å². The van der Waals surface area contributed by atoms with Crippen molar-refractivity contribution in [2.24, 2.45) is 0 Å². The number of hydrogen-bond acceptors (Lipinski definition) is 7. The second kappa shape index (κ2) is 9.92. The number of methoxy groups -OCH3 is 1. The minimum Gasteiger partial charge on any atom is -0.493 e. The molecule has 0 spiro atoms. The zero-order chi connectivity index (χ0) is 23.3. The highest BCUT2D eigenvalue weighted by atomic mass is 32.2. The van der Waals surface area contributed by atoms with Crippen molar-refractivity contribution in [1.82, 2.24) is 4.31 Å². The number of ether oxygens (including phenoxy) is 4. The lowest BCUT2D eigenvalue weighted by atomic mass is 10.1. The fraction of sp³-hybridized carbons (Fsp3) is 0.318. The molecule has 0 bridgehead atoms. The van der Waals surface area contributed by atoms with Crippen LogP contribution in [0.15, 0.2) is 41.3 Å². The summed E-state index contributed by atoms with van der Waals surface area (Å²) in [4.78, 5) is 12.4. The molecule has 32 heavy (non-hydrogen) atoms. The monoisotopic (exact) mass is 462 g/mol. The molecule has 10 heteroatoms. The molecule has 1 aliphatic heterocycles. The standard InChI is InChI=1S/C22H26N2O7S/c1-5-29-17-8-7-16(14-20(17)32(26,27)24(2)3)23-21(25)9-6-15-12-18(28-4)22-19(13-15)30-10-11-31-22/h6-9,12-14H,5,10-11H2,1-4H3,(H,23,25)/b9-6+. The summed E-state index contributed by atoms with van der Waals surface area (Å²) in [7, 11) is 0.629. The van der Waals surface area contributed by atoms with E-state index >= 15 is 0 Å². The van der Waals surface area contributed by atoms with Crippen LogP contribution < -0.4 is 24.3 Å². The third-order valence-corrected chi connectivity index (χ3v) is 6.38. The Balaban J connectivity index is 1.81. The van der Waals surface area contributed by atoms with Gasteiger partial charge in [-0.2, -0.15) is 0 Å². The van der Waals surface area contributed by atoms with Crippen LogP contribution in [-0.2, 0) is 14.8 Å². The number of amides is 1. The van der Waals surface area contributed by atoms with E-state index in [-0.39, 0.29) is 10.6 Å².